The van der Waals surface area contributed by atoms with Gasteiger partial charge in [-0.25, -0.2) is 4.98 Å². The molecule has 4 nitrogen and oxygen atoms in total. The molecule has 0 bridgehead atoms. The van der Waals surface area contributed by atoms with Crippen molar-refractivity contribution in [1.82, 2.24) is 0 Å². The molecule has 1 heterocycles. The highest BCUT2D eigenvalue weighted by atomic mass is 79.9. The van der Waals surface area contributed by atoms with Crippen molar-refractivity contribution in [2.75, 3.05) is 0 Å². The Balaban J connectivity index is 3.00. The van der Waals surface area contributed by atoms with E-state index in [1.807, 2.05) is 0 Å². The number of nitrogens with zero attached hydrogens (tertiary/aromatic N) is 3. The molecule has 50 valence electrons. The molecular formula is C5H4BrN4+. The summed E-state index contributed by atoms with van der Waals surface area (Å²) in [6.07, 6.45) is 1.70. The van der Waals surface area contributed by atoms with Crippen LogP contribution in [-0.4, -0.2) is 0 Å². The molecule has 0 aliphatic carbocycles. The first kappa shape index (κ1) is 7.05. The molecule has 0 saturated heterocycles. The van der Waals surface area contributed by atoms with Crippen LogP contribution in [0.3, 0.4) is 0 Å². The van der Waals surface area contributed by atoms with Crippen LogP contribution in [0.5, 0.6) is 0 Å². The lowest BCUT2D eigenvalue weighted by atomic mass is 10.5. The Kier molecular flexibility index (Phi) is 2.25. The van der Waals surface area contributed by atoms with Crippen LogP contribution >= 0.6 is 15.9 Å². The lowest BCUT2D eigenvalue weighted by molar-refractivity contribution is -0.363. The molecule has 5 heteroatoms. The molecule has 0 radical (unpaired) electrons. The summed E-state index contributed by atoms with van der Waals surface area (Å²) in [5, 5.41) is 3.35. The van der Waals surface area contributed by atoms with Gasteiger partial charge < -0.3 is 0 Å². The topological polar surface area (TPSA) is 62.9 Å². The van der Waals surface area contributed by atoms with Gasteiger partial charge >= 0.3 is 10.9 Å². The van der Waals surface area contributed by atoms with Crippen molar-refractivity contribution in [3.63, 3.8) is 0 Å². The smallest absolute Gasteiger partial charge is 0.236 e. The predicted molar refractivity (Wildman–Crippen MR) is 39.5 cm³/mol. The van der Waals surface area contributed by atoms with Crippen molar-refractivity contribution in [1.29, 1.82) is 0 Å². The van der Waals surface area contributed by atoms with Gasteiger partial charge in [0.1, 0.15) is 6.20 Å². The second-order valence-electron chi connectivity index (χ2n) is 1.58. The molecule has 0 aliphatic rings. The zero-order valence-corrected chi connectivity index (χ0v) is 6.54. The maximum Gasteiger partial charge on any atom is 0.414 e. The molecule has 10 heavy (non-hydrogen) atoms. The highest BCUT2D eigenvalue weighted by Crippen LogP contribution is 2.08. The van der Waals surface area contributed by atoms with E-state index in [4.69, 9.17) is 5.53 Å². The van der Waals surface area contributed by atoms with E-state index in [0.29, 0.717) is 5.82 Å². The van der Waals surface area contributed by atoms with E-state index in [2.05, 4.69) is 30.9 Å². The monoisotopic (exact) mass is 199 g/mol. The number of hydrogen-bond donors (Lipinski definition) is 0. The third-order valence-corrected chi connectivity index (χ3v) is 1.40. The first-order chi connectivity index (χ1) is 4.83. The number of rotatable bonds is 1. The predicted octanol–water partition coefficient (Wildman–Crippen LogP) is 2.21. The van der Waals surface area contributed by atoms with Crippen LogP contribution in [0.4, 0.5) is 5.82 Å². The van der Waals surface area contributed by atoms with Gasteiger partial charge in [0.05, 0.1) is 4.47 Å². The summed E-state index contributed by atoms with van der Waals surface area (Å²) >= 11 is 3.23. The fraction of sp³-hybridized carbons (Fsp3) is 0. The van der Waals surface area contributed by atoms with Gasteiger partial charge in [-0.15, -0.1) is 0 Å². The second kappa shape index (κ2) is 3.20. The van der Waals surface area contributed by atoms with Crippen molar-refractivity contribution in [3.8, 4) is 0 Å². The van der Waals surface area contributed by atoms with Gasteiger partial charge in [0.25, 0.3) is 0 Å². The Hall–Kier alpha value is -1.06. The molecule has 1 aromatic heterocycles. The van der Waals surface area contributed by atoms with Crippen LogP contribution in [-0.2, 0) is 0 Å². The van der Waals surface area contributed by atoms with Crippen molar-refractivity contribution in [2.45, 2.75) is 0 Å². The van der Waals surface area contributed by atoms with Crippen molar-refractivity contribution in [2.24, 2.45) is 5.11 Å². The Bertz CT molecular complexity index is 261. The summed E-state index contributed by atoms with van der Waals surface area (Å²) in [5.41, 5.74) is 8.02. The van der Waals surface area contributed by atoms with E-state index >= 15 is 0 Å². The van der Waals surface area contributed by atoms with Crippen LogP contribution in [0, 0.1) is 0 Å². The average molecular weight is 200 g/mol. The number of halogens is 1. The maximum absolute atomic E-state index is 8.02. The lowest BCUT2D eigenvalue weighted by Crippen LogP contribution is -1.98. The van der Waals surface area contributed by atoms with Gasteiger partial charge in [-0.2, -0.15) is 0 Å². The molecule has 0 amide bonds. The Labute approximate surface area is 65.7 Å². The summed E-state index contributed by atoms with van der Waals surface area (Å²) in [7, 11) is 0. The molecular weight excluding hydrogens is 196 g/mol. The highest BCUT2D eigenvalue weighted by Gasteiger charge is 2.04. The second-order valence-corrected chi connectivity index (χ2v) is 2.50. The molecule has 0 spiro atoms. The lowest BCUT2D eigenvalue weighted by Gasteiger charge is -1.78. The maximum atomic E-state index is 8.02. The number of H-pyrrole nitrogens is 1. The minimum absolute atomic E-state index is 0.505. The van der Waals surface area contributed by atoms with Crippen molar-refractivity contribution < 1.29 is 4.98 Å². The van der Waals surface area contributed by atoms with E-state index in [9.17, 15) is 0 Å². The SMILES string of the molecule is [N-]=[N+]=Nc1ccc(Br)c[nH+]1. The van der Waals surface area contributed by atoms with Gasteiger partial charge in [0, 0.05) is 11.6 Å². The van der Waals surface area contributed by atoms with E-state index in [1.54, 1.807) is 18.3 Å². The quantitative estimate of drug-likeness (QED) is 0.379. The molecule has 0 aromatic carbocycles. The zero-order valence-electron chi connectivity index (χ0n) is 4.95. The summed E-state index contributed by atoms with van der Waals surface area (Å²) in [6.45, 7) is 0. The van der Waals surface area contributed by atoms with Crippen LogP contribution in [0.15, 0.2) is 27.9 Å². The molecule has 0 aliphatic heterocycles. The summed E-state index contributed by atoms with van der Waals surface area (Å²) in [5.74, 6) is 0.505. The minimum Gasteiger partial charge on any atom is -0.236 e. The molecule has 0 fully saturated rings. The number of aromatic amines is 1. The number of aromatic nitrogens is 1. The molecule has 0 saturated carbocycles. The Morgan fingerprint density at radius 3 is 2.90 bits per heavy atom. The van der Waals surface area contributed by atoms with E-state index < -0.39 is 0 Å². The van der Waals surface area contributed by atoms with Crippen LogP contribution in [0.1, 0.15) is 0 Å². The van der Waals surface area contributed by atoms with E-state index in [0.717, 1.165) is 4.47 Å². The number of hydrogen-bond acceptors (Lipinski definition) is 1. The van der Waals surface area contributed by atoms with Crippen LogP contribution < -0.4 is 4.98 Å². The average Bonchev–Trinajstić information content (AvgIpc) is 1.95. The van der Waals surface area contributed by atoms with Gasteiger partial charge in [-0.05, 0) is 22.0 Å². The number of nitrogens with one attached hydrogen (secondary N) is 1. The largest absolute Gasteiger partial charge is 0.414 e. The number of azide groups is 1. The van der Waals surface area contributed by atoms with Crippen LogP contribution in [0.25, 0.3) is 10.4 Å². The van der Waals surface area contributed by atoms with Crippen LogP contribution in [0.2, 0.25) is 0 Å². The third kappa shape index (κ3) is 1.72. The molecule has 1 aromatic rings. The molecule has 0 unspecified atom stereocenters. The van der Waals surface area contributed by atoms with Gasteiger partial charge in [0.2, 0.25) is 4.91 Å². The Morgan fingerprint density at radius 1 is 1.60 bits per heavy atom. The first-order valence-electron chi connectivity index (χ1n) is 2.55. The van der Waals surface area contributed by atoms with E-state index in [1.165, 1.54) is 0 Å². The standard InChI is InChI=1S/C5H3BrN4/c6-4-1-2-5(8-3-4)9-10-7/h1-3H/p+1. The van der Waals surface area contributed by atoms with Crippen molar-refractivity contribution >= 4 is 21.7 Å². The zero-order chi connectivity index (χ0) is 7.40. The Morgan fingerprint density at radius 2 is 2.40 bits per heavy atom. The fourth-order valence-corrected chi connectivity index (χ4v) is 0.755. The molecule has 1 rings (SSSR count). The minimum atomic E-state index is 0.505. The number of pyridine rings is 1. The first-order valence-corrected chi connectivity index (χ1v) is 3.34. The van der Waals surface area contributed by atoms with E-state index in [-0.39, 0.29) is 0 Å². The van der Waals surface area contributed by atoms with Gasteiger partial charge in [0.15, 0.2) is 0 Å². The molecule has 1 N–H and O–H groups in total. The fourth-order valence-electron chi connectivity index (χ4n) is 0.508. The normalized spacial score (nSPS) is 8.50. The summed E-state index contributed by atoms with van der Waals surface area (Å²) in [6, 6.07) is 3.48. The van der Waals surface area contributed by atoms with Gasteiger partial charge in [-0.3, -0.25) is 0 Å². The third-order valence-electron chi connectivity index (χ3n) is 0.911. The summed E-state index contributed by atoms with van der Waals surface area (Å²) < 4.78 is 0.921. The van der Waals surface area contributed by atoms with Gasteiger partial charge in [-0.1, -0.05) is 0 Å². The highest BCUT2D eigenvalue weighted by molar-refractivity contribution is 9.10. The molecule has 0 atom stereocenters. The summed E-state index contributed by atoms with van der Waals surface area (Å²) in [4.78, 5) is 5.38. The van der Waals surface area contributed by atoms with Crippen molar-refractivity contribution in [3.05, 3.63) is 33.2 Å².